The van der Waals surface area contributed by atoms with Crippen molar-refractivity contribution in [3.05, 3.63) is 35.9 Å². The van der Waals surface area contributed by atoms with Crippen LogP contribution in [-0.4, -0.2) is 42.1 Å². The summed E-state index contributed by atoms with van der Waals surface area (Å²) in [6.45, 7) is 2.89. The molecule has 0 bridgehead atoms. The molecule has 1 amide bonds. The third kappa shape index (κ3) is 3.62. The van der Waals surface area contributed by atoms with Crippen molar-refractivity contribution in [1.82, 2.24) is 4.90 Å². The van der Waals surface area contributed by atoms with E-state index in [1.54, 1.807) is 35.2 Å². The highest BCUT2D eigenvalue weighted by Gasteiger charge is 2.36. The highest BCUT2D eigenvalue weighted by Crippen LogP contribution is 2.24. The molecule has 1 aliphatic rings. The highest BCUT2D eigenvalue weighted by molar-refractivity contribution is 5.92. The van der Waals surface area contributed by atoms with Crippen LogP contribution >= 0.6 is 0 Å². The number of rotatable bonds is 3. The van der Waals surface area contributed by atoms with E-state index in [1.807, 2.05) is 6.92 Å². The lowest BCUT2D eigenvalue weighted by atomic mass is 9.99. The van der Waals surface area contributed by atoms with Gasteiger partial charge in [-0.05, 0) is 29.7 Å². The summed E-state index contributed by atoms with van der Waals surface area (Å²) < 4.78 is 4.75. The molecule has 1 aliphatic heterocycles. The van der Waals surface area contributed by atoms with E-state index in [0.29, 0.717) is 13.1 Å². The molecule has 0 aliphatic carbocycles. The minimum atomic E-state index is -0.264. The number of ether oxygens (including phenoxy) is 1. The Bertz CT molecular complexity index is 550. The van der Waals surface area contributed by atoms with Gasteiger partial charge in [0.15, 0.2) is 0 Å². The summed E-state index contributed by atoms with van der Waals surface area (Å²) in [4.78, 5) is 25.4. The molecule has 0 spiro atoms. The van der Waals surface area contributed by atoms with E-state index in [-0.39, 0.29) is 29.5 Å². The number of aromatic hydroxyl groups is 1. The average molecular weight is 289 g/mol. The number of methoxy groups -OCH3 is 1. The van der Waals surface area contributed by atoms with Crippen LogP contribution in [0, 0.1) is 11.8 Å². The number of carbonyl (C=O) groups excluding carboxylic acids is 2. The molecule has 5 nitrogen and oxygen atoms in total. The summed E-state index contributed by atoms with van der Waals surface area (Å²) in [7, 11) is 1.37. The Hall–Kier alpha value is -2.30. The number of phenols is 1. The summed E-state index contributed by atoms with van der Waals surface area (Å²) in [5, 5.41) is 9.20. The number of likely N-dealkylation sites (tertiary alicyclic amines) is 1. The third-order valence-corrected chi connectivity index (χ3v) is 3.74. The molecule has 112 valence electrons. The van der Waals surface area contributed by atoms with E-state index in [2.05, 4.69) is 0 Å². The zero-order valence-corrected chi connectivity index (χ0v) is 12.2. The number of benzene rings is 1. The molecule has 1 heterocycles. The number of hydrogen-bond acceptors (Lipinski definition) is 4. The quantitative estimate of drug-likeness (QED) is 0.679. The molecule has 1 aromatic rings. The molecule has 21 heavy (non-hydrogen) atoms. The van der Waals surface area contributed by atoms with Gasteiger partial charge in [0.1, 0.15) is 5.75 Å². The molecule has 2 rings (SSSR count). The van der Waals surface area contributed by atoms with Crippen molar-refractivity contribution in [3.8, 4) is 5.75 Å². The van der Waals surface area contributed by atoms with Crippen molar-refractivity contribution in [2.45, 2.75) is 6.92 Å². The van der Waals surface area contributed by atoms with Gasteiger partial charge in [-0.1, -0.05) is 19.1 Å². The van der Waals surface area contributed by atoms with Gasteiger partial charge in [-0.25, -0.2) is 0 Å². The topological polar surface area (TPSA) is 66.8 Å². The molecule has 0 saturated carbocycles. The Morgan fingerprint density at radius 1 is 1.29 bits per heavy atom. The van der Waals surface area contributed by atoms with Crippen LogP contribution in [0.25, 0.3) is 6.08 Å². The van der Waals surface area contributed by atoms with Crippen LogP contribution in [0.15, 0.2) is 30.3 Å². The molecule has 2 atom stereocenters. The van der Waals surface area contributed by atoms with Gasteiger partial charge in [0.25, 0.3) is 0 Å². The molecular weight excluding hydrogens is 270 g/mol. The van der Waals surface area contributed by atoms with Gasteiger partial charge in [0.05, 0.1) is 13.0 Å². The molecule has 1 N–H and O–H groups in total. The second-order valence-electron chi connectivity index (χ2n) is 5.28. The largest absolute Gasteiger partial charge is 0.508 e. The monoisotopic (exact) mass is 289 g/mol. The maximum atomic E-state index is 12.1. The lowest BCUT2D eigenvalue weighted by Gasteiger charge is -2.13. The Kier molecular flexibility index (Phi) is 4.62. The molecule has 2 unspecified atom stereocenters. The van der Waals surface area contributed by atoms with Crippen LogP contribution in [0.5, 0.6) is 5.75 Å². The SMILES string of the molecule is COC(=O)C1CN(C(=O)/C=C/c2ccc(O)cc2)CC1C. The number of esters is 1. The van der Waals surface area contributed by atoms with Gasteiger partial charge >= 0.3 is 5.97 Å². The zero-order chi connectivity index (χ0) is 15.4. The summed E-state index contributed by atoms with van der Waals surface area (Å²) in [5.74, 6) is -0.348. The molecule has 5 heteroatoms. The van der Waals surface area contributed by atoms with Crippen molar-refractivity contribution < 1.29 is 19.4 Å². The normalized spacial score (nSPS) is 21.7. The highest BCUT2D eigenvalue weighted by atomic mass is 16.5. The van der Waals surface area contributed by atoms with Gasteiger partial charge in [0, 0.05) is 19.2 Å². The van der Waals surface area contributed by atoms with Crippen LogP contribution in [0.2, 0.25) is 0 Å². The standard InChI is InChI=1S/C16H19NO4/c1-11-9-17(10-14(11)16(20)21-2)15(19)8-5-12-3-6-13(18)7-4-12/h3-8,11,14,18H,9-10H2,1-2H3/b8-5+. The number of hydrogen-bond donors (Lipinski definition) is 1. The Balaban J connectivity index is 1.98. The lowest BCUT2D eigenvalue weighted by Crippen LogP contribution is -2.28. The predicted octanol–water partition coefficient (Wildman–Crippen LogP) is 1.67. The van der Waals surface area contributed by atoms with Crippen LogP contribution in [0.4, 0.5) is 0 Å². The van der Waals surface area contributed by atoms with Crippen LogP contribution in [0.1, 0.15) is 12.5 Å². The van der Waals surface area contributed by atoms with E-state index in [1.165, 1.54) is 13.2 Å². The maximum Gasteiger partial charge on any atom is 0.310 e. The number of phenolic OH excluding ortho intramolecular Hbond substituents is 1. The van der Waals surface area contributed by atoms with E-state index in [0.717, 1.165) is 5.56 Å². The molecular formula is C16H19NO4. The predicted molar refractivity (Wildman–Crippen MR) is 78.4 cm³/mol. The first-order valence-electron chi connectivity index (χ1n) is 6.85. The first-order chi connectivity index (χ1) is 10.0. The maximum absolute atomic E-state index is 12.1. The Morgan fingerprint density at radius 2 is 1.95 bits per heavy atom. The minimum Gasteiger partial charge on any atom is -0.508 e. The van der Waals surface area contributed by atoms with Gasteiger partial charge in [-0.2, -0.15) is 0 Å². The fourth-order valence-corrected chi connectivity index (χ4v) is 2.46. The van der Waals surface area contributed by atoms with Crippen molar-refractivity contribution >= 4 is 18.0 Å². The van der Waals surface area contributed by atoms with Crippen molar-refractivity contribution in [2.75, 3.05) is 20.2 Å². The van der Waals surface area contributed by atoms with Gasteiger partial charge in [-0.15, -0.1) is 0 Å². The van der Waals surface area contributed by atoms with Gasteiger partial charge in [0.2, 0.25) is 5.91 Å². The summed E-state index contributed by atoms with van der Waals surface area (Å²) in [5.41, 5.74) is 0.831. The first-order valence-corrected chi connectivity index (χ1v) is 6.85. The smallest absolute Gasteiger partial charge is 0.310 e. The van der Waals surface area contributed by atoms with Crippen LogP contribution < -0.4 is 0 Å². The number of nitrogens with zero attached hydrogens (tertiary/aromatic N) is 1. The summed E-state index contributed by atoms with van der Waals surface area (Å²) in [6.07, 6.45) is 3.18. The Labute approximate surface area is 123 Å². The molecule has 1 saturated heterocycles. The number of carbonyl (C=O) groups is 2. The Morgan fingerprint density at radius 3 is 2.57 bits per heavy atom. The molecule has 0 aromatic heterocycles. The second kappa shape index (κ2) is 6.43. The van der Waals surface area contributed by atoms with E-state index < -0.39 is 0 Å². The average Bonchev–Trinajstić information content (AvgIpc) is 2.87. The molecule has 0 radical (unpaired) electrons. The summed E-state index contributed by atoms with van der Waals surface area (Å²) >= 11 is 0. The van der Waals surface area contributed by atoms with Crippen molar-refractivity contribution in [3.63, 3.8) is 0 Å². The van der Waals surface area contributed by atoms with Crippen LogP contribution in [0.3, 0.4) is 0 Å². The minimum absolute atomic E-state index is 0.100. The van der Waals surface area contributed by atoms with Crippen molar-refractivity contribution in [2.24, 2.45) is 11.8 Å². The summed E-state index contributed by atoms with van der Waals surface area (Å²) in [6, 6.07) is 6.58. The fourth-order valence-electron chi connectivity index (χ4n) is 2.46. The van der Waals surface area contributed by atoms with Gasteiger partial charge < -0.3 is 14.7 Å². The van der Waals surface area contributed by atoms with Crippen molar-refractivity contribution in [1.29, 1.82) is 0 Å². The van der Waals surface area contributed by atoms with E-state index in [4.69, 9.17) is 4.74 Å². The third-order valence-electron chi connectivity index (χ3n) is 3.74. The number of amides is 1. The van der Waals surface area contributed by atoms with Crippen LogP contribution in [-0.2, 0) is 14.3 Å². The van der Waals surface area contributed by atoms with E-state index in [9.17, 15) is 14.7 Å². The van der Waals surface area contributed by atoms with Gasteiger partial charge in [-0.3, -0.25) is 9.59 Å². The molecule has 1 aromatic carbocycles. The molecule has 1 fully saturated rings. The fraction of sp³-hybridized carbons (Fsp3) is 0.375. The zero-order valence-electron chi connectivity index (χ0n) is 12.2. The second-order valence-corrected chi connectivity index (χ2v) is 5.28. The lowest BCUT2D eigenvalue weighted by molar-refractivity contribution is -0.146. The van der Waals surface area contributed by atoms with E-state index >= 15 is 0 Å². The first kappa shape index (κ1) is 15.1.